The highest BCUT2D eigenvalue weighted by molar-refractivity contribution is 5.96. The fourth-order valence-corrected chi connectivity index (χ4v) is 5.83. The van der Waals surface area contributed by atoms with Crippen LogP contribution in [0.5, 0.6) is 0 Å². The Hall–Kier alpha value is -3.79. The highest BCUT2D eigenvalue weighted by Gasteiger charge is 2.29. The second-order valence-corrected chi connectivity index (χ2v) is 12.2. The van der Waals surface area contributed by atoms with Gasteiger partial charge in [0.1, 0.15) is 0 Å². The minimum absolute atomic E-state index is 0.0105. The molecule has 10 nitrogen and oxygen atoms in total. The number of nitrogens with one attached hydrogen (secondary N) is 2. The topological polar surface area (TPSA) is 89.0 Å². The van der Waals surface area contributed by atoms with Gasteiger partial charge in [0.2, 0.25) is 0 Å². The first-order chi connectivity index (χ1) is 19.6. The highest BCUT2D eigenvalue weighted by Crippen LogP contribution is 2.30. The van der Waals surface area contributed by atoms with Gasteiger partial charge in [-0.1, -0.05) is 0 Å². The Morgan fingerprint density at radius 1 is 1.00 bits per heavy atom. The van der Waals surface area contributed by atoms with Crippen LogP contribution in [0.25, 0.3) is 10.9 Å². The first-order valence-electron chi connectivity index (χ1n) is 14.8. The summed E-state index contributed by atoms with van der Waals surface area (Å²) in [6.45, 7) is 14.1. The second-order valence-electron chi connectivity index (χ2n) is 12.2. The van der Waals surface area contributed by atoms with Crippen LogP contribution >= 0.6 is 0 Å². The summed E-state index contributed by atoms with van der Waals surface area (Å²) in [4.78, 5) is 39.4. The molecule has 5 rings (SSSR count). The monoisotopic (exact) mass is 560 g/mol. The summed E-state index contributed by atoms with van der Waals surface area (Å²) in [5, 5.41) is 7.55. The molecule has 2 N–H and O–H groups in total. The lowest BCUT2D eigenvalue weighted by atomic mass is 10.0. The number of anilines is 3. The Morgan fingerprint density at radius 2 is 1.73 bits per heavy atom. The summed E-state index contributed by atoms with van der Waals surface area (Å²) in [5.41, 5.74) is 2.56. The first-order valence-corrected chi connectivity index (χ1v) is 14.8. The van der Waals surface area contributed by atoms with Crippen molar-refractivity contribution in [2.24, 2.45) is 0 Å². The third kappa shape index (κ3) is 6.59. The molecule has 0 atom stereocenters. The Labute approximate surface area is 243 Å². The number of piperidine rings is 1. The van der Waals surface area contributed by atoms with Crippen molar-refractivity contribution in [3.05, 3.63) is 48.8 Å². The van der Waals surface area contributed by atoms with Gasteiger partial charge in [-0.2, -0.15) is 0 Å². The van der Waals surface area contributed by atoms with Crippen LogP contribution in [0.2, 0.25) is 0 Å². The van der Waals surface area contributed by atoms with Gasteiger partial charge in [-0.3, -0.25) is 4.57 Å². The maximum atomic E-state index is 13.6. The van der Waals surface area contributed by atoms with E-state index in [1.165, 1.54) is 0 Å². The number of piperazine rings is 1. The number of likely N-dealkylation sites (N-methyl/N-ethyl adjacent to an activating group) is 1. The largest absolute Gasteiger partial charge is 0.377 e. The number of pyridine rings is 1. The predicted octanol–water partition coefficient (Wildman–Crippen LogP) is 4.99. The fourth-order valence-electron chi connectivity index (χ4n) is 5.83. The highest BCUT2D eigenvalue weighted by atomic mass is 16.2. The Kier molecular flexibility index (Phi) is 8.40. The molecule has 10 heteroatoms. The van der Waals surface area contributed by atoms with Gasteiger partial charge < -0.3 is 30.2 Å². The van der Waals surface area contributed by atoms with Gasteiger partial charge in [0.15, 0.2) is 5.82 Å². The summed E-state index contributed by atoms with van der Waals surface area (Å²) < 4.78 is 1.73. The van der Waals surface area contributed by atoms with E-state index < -0.39 is 0 Å². The van der Waals surface area contributed by atoms with Gasteiger partial charge >= 0.3 is 12.1 Å². The normalized spacial score (nSPS) is 17.1. The van der Waals surface area contributed by atoms with Crippen LogP contribution in [-0.4, -0.2) is 101 Å². The van der Waals surface area contributed by atoms with Crippen LogP contribution in [-0.2, 0) is 0 Å². The molecular weight excluding hydrogens is 516 g/mol. The number of amides is 3. The van der Waals surface area contributed by atoms with Gasteiger partial charge in [0, 0.05) is 80.9 Å². The molecule has 41 heavy (non-hydrogen) atoms. The third-order valence-electron chi connectivity index (χ3n) is 8.02. The molecule has 2 aromatic heterocycles. The average Bonchev–Trinajstić information content (AvgIpc) is 3.37. The van der Waals surface area contributed by atoms with Crippen molar-refractivity contribution in [2.75, 3.05) is 68.4 Å². The van der Waals surface area contributed by atoms with Crippen LogP contribution < -0.4 is 15.5 Å². The fraction of sp³-hybridized carbons (Fsp3) is 0.516. The van der Waals surface area contributed by atoms with Crippen molar-refractivity contribution in [3.63, 3.8) is 0 Å². The average molecular weight is 561 g/mol. The molecule has 3 amide bonds. The number of hydrogen-bond acceptors (Lipinski definition) is 6. The quantitative estimate of drug-likeness (QED) is 0.457. The number of hydrogen-bond donors (Lipinski definition) is 2. The molecule has 1 aromatic carbocycles. The smallest absolute Gasteiger partial charge is 0.328 e. The number of aromatic nitrogens is 2. The zero-order chi connectivity index (χ0) is 29.1. The van der Waals surface area contributed by atoms with E-state index in [4.69, 9.17) is 4.98 Å². The lowest BCUT2D eigenvalue weighted by Crippen LogP contribution is -2.48. The van der Waals surface area contributed by atoms with Crippen molar-refractivity contribution in [2.45, 2.75) is 52.1 Å². The minimum Gasteiger partial charge on any atom is -0.377 e. The minimum atomic E-state index is -0.0797. The van der Waals surface area contributed by atoms with Gasteiger partial charge in [-0.15, -0.1) is 0 Å². The molecule has 2 aliphatic rings. The number of urea groups is 1. The van der Waals surface area contributed by atoms with E-state index in [2.05, 4.69) is 61.2 Å². The van der Waals surface area contributed by atoms with Crippen molar-refractivity contribution in [3.8, 4) is 0 Å². The number of fused-ring (bicyclic) bond motifs is 1. The van der Waals surface area contributed by atoms with E-state index in [1.54, 1.807) is 4.57 Å². The molecular formula is C31H44N8O2. The molecule has 220 valence electrons. The standard InChI is InChI=1S/C31H44N8O2/c1-6-38(28-26(8-7-14-32-28)34-31(2,3)4)25-12-15-37(16-13-25)30(41)39-17-11-23-22-24(9-10-27(23)39)33-29(40)36-20-18-35(5)19-21-36/h7-11,14,17,22,25,34H,6,12-13,15-16,18-21H2,1-5H3,(H,33,40). The molecule has 2 saturated heterocycles. The zero-order valence-corrected chi connectivity index (χ0v) is 25.1. The molecule has 0 saturated carbocycles. The van der Waals surface area contributed by atoms with Crippen molar-refractivity contribution >= 4 is 40.2 Å². The summed E-state index contributed by atoms with van der Waals surface area (Å²) in [6, 6.07) is 12.0. The van der Waals surface area contributed by atoms with E-state index in [0.29, 0.717) is 19.1 Å². The lowest BCUT2D eigenvalue weighted by molar-refractivity contribution is 0.164. The van der Waals surface area contributed by atoms with Crippen LogP contribution in [0, 0.1) is 0 Å². The summed E-state index contributed by atoms with van der Waals surface area (Å²) >= 11 is 0. The molecule has 3 aromatic rings. The Balaban J connectivity index is 1.22. The van der Waals surface area contributed by atoms with Gasteiger partial charge in [0.25, 0.3) is 0 Å². The molecule has 0 unspecified atom stereocenters. The maximum Gasteiger partial charge on any atom is 0.328 e. The number of carbonyl (C=O) groups excluding carboxylic acids is 2. The third-order valence-corrected chi connectivity index (χ3v) is 8.02. The zero-order valence-electron chi connectivity index (χ0n) is 25.1. The molecule has 0 spiro atoms. The molecule has 2 aliphatic heterocycles. The molecule has 0 bridgehead atoms. The summed E-state index contributed by atoms with van der Waals surface area (Å²) in [5.74, 6) is 0.974. The number of nitrogens with zero attached hydrogens (tertiary/aromatic N) is 6. The Morgan fingerprint density at radius 3 is 2.41 bits per heavy atom. The van der Waals surface area contributed by atoms with Crippen LogP contribution in [0.4, 0.5) is 26.8 Å². The maximum absolute atomic E-state index is 13.6. The van der Waals surface area contributed by atoms with Crippen molar-refractivity contribution in [1.29, 1.82) is 0 Å². The van der Waals surface area contributed by atoms with E-state index in [-0.39, 0.29) is 17.6 Å². The molecule has 0 radical (unpaired) electrons. The van der Waals surface area contributed by atoms with Crippen LogP contribution in [0.3, 0.4) is 0 Å². The molecule has 2 fully saturated rings. The molecule has 0 aliphatic carbocycles. The van der Waals surface area contributed by atoms with Gasteiger partial charge in [-0.25, -0.2) is 14.6 Å². The molecule has 4 heterocycles. The number of carbonyl (C=O) groups is 2. The van der Waals surface area contributed by atoms with E-state index in [1.807, 2.05) is 52.5 Å². The van der Waals surface area contributed by atoms with Crippen molar-refractivity contribution in [1.82, 2.24) is 24.3 Å². The van der Waals surface area contributed by atoms with Crippen LogP contribution in [0.15, 0.2) is 48.8 Å². The van der Waals surface area contributed by atoms with E-state index in [9.17, 15) is 9.59 Å². The predicted molar refractivity (Wildman–Crippen MR) is 166 cm³/mol. The van der Waals surface area contributed by atoms with E-state index in [0.717, 1.165) is 73.7 Å². The number of likely N-dealkylation sites (tertiary alicyclic amines) is 1. The van der Waals surface area contributed by atoms with Crippen LogP contribution in [0.1, 0.15) is 40.5 Å². The second kappa shape index (κ2) is 12.0. The Bertz CT molecular complexity index is 1360. The SMILES string of the molecule is CCN(c1ncccc1NC(C)(C)C)C1CCN(C(=O)n2ccc3cc(NC(=O)N4CCN(C)CC4)ccc32)CC1. The number of rotatable bonds is 5. The first kappa shape index (κ1) is 28.7. The van der Waals surface area contributed by atoms with Crippen molar-refractivity contribution < 1.29 is 9.59 Å². The summed E-state index contributed by atoms with van der Waals surface area (Å²) in [6.07, 6.45) is 5.45. The van der Waals surface area contributed by atoms with Gasteiger partial charge in [0.05, 0.1) is 11.2 Å². The van der Waals surface area contributed by atoms with E-state index >= 15 is 0 Å². The van der Waals surface area contributed by atoms with Gasteiger partial charge in [-0.05, 0) is 84.0 Å². The number of benzene rings is 1. The lowest BCUT2D eigenvalue weighted by Gasteiger charge is -2.39. The summed E-state index contributed by atoms with van der Waals surface area (Å²) in [7, 11) is 2.07.